The lowest BCUT2D eigenvalue weighted by molar-refractivity contribution is -0.118. The Morgan fingerprint density at radius 1 is 0.929 bits per heavy atom. The Bertz CT molecular complexity index is 828. The van der Waals surface area contributed by atoms with E-state index in [1.54, 1.807) is 57.2 Å². The third kappa shape index (κ3) is 6.53. The number of alkyl halides is 2. The minimum atomic E-state index is -2.91. The zero-order chi connectivity index (χ0) is 20.7. The van der Waals surface area contributed by atoms with Crippen molar-refractivity contribution in [1.29, 1.82) is 0 Å². The predicted octanol–water partition coefficient (Wildman–Crippen LogP) is 4.77. The van der Waals surface area contributed by atoms with E-state index in [0.717, 1.165) is 0 Å². The van der Waals surface area contributed by atoms with Crippen LogP contribution in [-0.4, -0.2) is 18.5 Å². The Labute approximate surface area is 162 Å². The summed E-state index contributed by atoms with van der Waals surface area (Å²) < 4.78 is 29.0. The number of carbonyl (C=O) groups excluding carboxylic acids is 2. The van der Waals surface area contributed by atoms with Crippen LogP contribution in [0.3, 0.4) is 0 Å². The zero-order valence-corrected chi connectivity index (χ0v) is 15.8. The summed E-state index contributed by atoms with van der Waals surface area (Å²) >= 11 is 0. The van der Waals surface area contributed by atoms with Crippen LogP contribution in [0.15, 0.2) is 48.5 Å². The Morgan fingerprint density at radius 3 is 2.21 bits per heavy atom. The normalized spacial score (nSPS) is 11.8. The number of hydrogen-bond acceptors (Lipinski definition) is 3. The van der Waals surface area contributed by atoms with Crippen LogP contribution in [0.1, 0.15) is 32.4 Å². The molecule has 2 aromatic carbocycles. The highest BCUT2D eigenvalue weighted by Gasteiger charge is 2.13. The van der Waals surface area contributed by atoms with Crippen molar-refractivity contribution in [3.05, 3.63) is 54.1 Å². The van der Waals surface area contributed by atoms with Crippen LogP contribution in [0.4, 0.5) is 25.0 Å². The summed E-state index contributed by atoms with van der Waals surface area (Å²) in [5.41, 5.74) is 1.69. The summed E-state index contributed by atoms with van der Waals surface area (Å²) in [5, 5.41) is 8.16. The molecule has 3 N–H and O–H groups in total. The second-order valence-electron chi connectivity index (χ2n) is 6.50. The van der Waals surface area contributed by atoms with E-state index in [0.29, 0.717) is 16.9 Å². The molecule has 0 aromatic heterocycles. The van der Waals surface area contributed by atoms with Gasteiger partial charge in [-0.25, -0.2) is 4.79 Å². The van der Waals surface area contributed by atoms with Crippen molar-refractivity contribution in [1.82, 2.24) is 5.32 Å². The lowest BCUT2D eigenvalue weighted by Crippen LogP contribution is -2.31. The summed E-state index contributed by atoms with van der Waals surface area (Å²) in [6, 6.07) is 12.0. The molecule has 2 rings (SSSR count). The molecule has 0 spiro atoms. The van der Waals surface area contributed by atoms with Crippen molar-refractivity contribution in [2.45, 2.75) is 33.4 Å². The number of amides is 3. The number of carbonyl (C=O) groups is 2. The van der Waals surface area contributed by atoms with Crippen molar-refractivity contribution in [2.24, 2.45) is 5.92 Å². The molecule has 3 amide bonds. The van der Waals surface area contributed by atoms with Gasteiger partial charge in [-0.1, -0.05) is 32.0 Å². The molecule has 1 unspecified atom stereocenters. The Morgan fingerprint density at radius 2 is 1.57 bits per heavy atom. The number of urea groups is 1. The van der Waals surface area contributed by atoms with Gasteiger partial charge in [-0.15, -0.1) is 0 Å². The standard InChI is InChI=1S/C20H23F2N3O3/c1-12(2)18(26)24-15-7-5-8-16(11-15)25-20(27)23-13(3)14-6-4-9-17(10-14)28-19(21)22/h4-13,19H,1-3H3,(H,24,26)(H2,23,25,27). The monoisotopic (exact) mass is 391 g/mol. The van der Waals surface area contributed by atoms with Gasteiger partial charge in [-0.05, 0) is 42.8 Å². The molecule has 0 aliphatic heterocycles. The maximum atomic E-state index is 12.3. The van der Waals surface area contributed by atoms with Gasteiger partial charge in [-0.2, -0.15) is 8.78 Å². The fourth-order valence-electron chi connectivity index (χ4n) is 2.37. The fourth-order valence-corrected chi connectivity index (χ4v) is 2.37. The number of hydrogen-bond donors (Lipinski definition) is 3. The van der Waals surface area contributed by atoms with Gasteiger partial charge in [0.2, 0.25) is 5.91 Å². The van der Waals surface area contributed by atoms with Crippen LogP contribution in [0.2, 0.25) is 0 Å². The van der Waals surface area contributed by atoms with Crippen LogP contribution in [0, 0.1) is 5.92 Å². The summed E-state index contributed by atoms with van der Waals surface area (Å²) in [6.45, 7) is 2.38. The predicted molar refractivity (Wildman–Crippen MR) is 104 cm³/mol. The Hall–Kier alpha value is -3.16. The number of nitrogens with one attached hydrogen (secondary N) is 3. The first-order chi connectivity index (χ1) is 13.2. The average Bonchev–Trinajstić information content (AvgIpc) is 2.61. The van der Waals surface area contributed by atoms with E-state index in [4.69, 9.17) is 0 Å². The molecule has 0 heterocycles. The molecule has 0 fully saturated rings. The number of anilines is 2. The van der Waals surface area contributed by atoms with Crippen molar-refractivity contribution in [2.75, 3.05) is 10.6 Å². The van der Waals surface area contributed by atoms with Gasteiger partial charge >= 0.3 is 12.6 Å². The van der Waals surface area contributed by atoms with Crippen LogP contribution < -0.4 is 20.7 Å². The molecule has 2 aromatic rings. The smallest absolute Gasteiger partial charge is 0.387 e. The number of benzene rings is 2. The second kappa shape index (κ2) is 9.68. The van der Waals surface area contributed by atoms with E-state index in [9.17, 15) is 18.4 Å². The van der Waals surface area contributed by atoms with E-state index < -0.39 is 18.7 Å². The van der Waals surface area contributed by atoms with E-state index in [2.05, 4.69) is 20.7 Å². The van der Waals surface area contributed by atoms with Crippen LogP contribution >= 0.6 is 0 Å². The maximum Gasteiger partial charge on any atom is 0.387 e. The zero-order valence-electron chi connectivity index (χ0n) is 15.8. The third-order valence-corrected chi connectivity index (χ3v) is 3.84. The van der Waals surface area contributed by atoms with Crippen LogP contribution in [0.25, 0.3) is 0 Å². The Kier molecular flexibility index (Phi) is 7.31. The largest absolute Gasteiger partial charge is 0.435 e. The third-order valence-electron chi connectivity index (χ3n) is 3.84. The SMILES string of the molecule is CC(C)C(=O)Nc1cccc(NC(=O)NC(C)c2cccc(OC(F)F)c2)c1. The van der Waals surface area contributed by atoms with E-state index >= 15 is 0 Å². The minimum Gasteiger partial charge on any atom is -0.435 e. The molecule has 0 bridgehead atoms. The highest BCUT2D eigenvalue weighted by Crippen LogP contribution is 2.21. The van der Waals surface area contributed by atoms with Crippen molar-refractivity contribution in [3.63, 3.8) is 0 Å². The van der Waals surface area contributed by atoms with Gasteiger partial charge in [0.25, 0.3) is 0 Å². The molecule has 0 saturated heterocycles. The molecule has 8 heteroatoms. The number of rotatable bonds is 7. The van der Waals surface area contributed by atoms with Crippen LogP contribution in [0.5, 0.6) is 5.75 Å². The first-order valence-corrected chi connectivity index (χ1v) is 8.78. The lowest BCUT2D eigenvalue weighted by Gasteiger charge is -2.16. The van der Waals surface area contributed by atoms with E-state index in [1.807, 2.05) is 0 Å². The molecule has 150 valence electrons. The number of halogens is 2. The minimum absolute atomic E-state index is 0.0233. The first kappa shape index (κ1) is 21.1. The summed E-state index contributed by atoms with van der Waals surface area (Å²) in [5.74, 6) is -0.262. The summed E-state index contributed by atoms with van der Waals surface area (Å²) in [7, 11) is 0. The van der Waals surface area contributed by atoms with E-state index in [1.165, 1.54) is 12.1 Å². The molecular formula is C20H23F2N3O3. The molecule has 1 atom stereocenters. The van der Waals surface area contributed by atoms with Crippen molar-refractivity contribution < 1.29 is 23.1 Å². The van der Waals surface area contributed by atoms with E-state index in [-0.39, 0.29) is 17.6 Å². The molecule has 28 heavy (non-hydrogen) atoms. The quantitative estimate of drug-likeness (QED) is 0.636. The summed E-state index contributed by atoms with van der Waals surface area (Å²) in [4.78, 5) is 24.0. The van der Waals surface area contributed by atoms with Gasteiger partial charge in [0, 0.05) is 17.3 Å². The number of ether oxygens (including phenoxy) is 1. The van der Waals surface area contributed by atoms with Crippen LogP contribution in [-0.2, 0) is 4.79 Å². The Balaban J connectivity index is 1.97. The second-order valence-corrected chi connectivity index (χ2v) is 6.50. The molecule has 0 radical (unpaired) electrons. The molecule has 0 aliphatic rings. The molecule has 6 nitrogen and oxygen atoms in total. The summed E-state index contributed by atoms with van der Waals surface area (Å²) in [6.07, 6.45) is 0. The fraction of sp³-hybridized carbons (Fsp3) is 0.300. The van der Waals surface area contributed by atoms with Gasteiger partial charge < -0.3 is 20.7 Å². The molecule has 0 saturated carbocycles. The molecule has 0 aliphatic carbocycles. The highest BCUT2D eigenvalue weighted by molar-refractivity contribution is 5.94. The van der Waals surface area contributed by atoms with Gasteiger partial charge in [0.15, 0.2) is 0 Å². The molecular weight excluding hydrogens is 368 g/mol. The van der Waals surface area contributed by atoms with Gasteiger partial charge in [0.1, 0.15) is 5.75 Å². The average molecular weight is 391 g/mol. The van der Waals surface area contributed by atoms with Gasteiger partial charge in [0.05, 0.1) is 6.04 Å². The van der Waals surface area contributed by atoms with Crippen molar-refractivity contribution >= 4 is 23.3 Å². The highest BCUT2D eigenvalue weighted by atomic mass is 19.3. The lowest BCUT2D eigenvalue weighted by atomic mass is 10.1. The topological polar surface area (TPSA) is 79.5 Å². The van der Waals surface area contributed by atoms with Gasteiger partial charge in [-0.3, -0.25) is 4.79 Å². The maximum absolute atomic E-state index is 12.3. The first-order valence-electron chi connectivity index (χ1n) is 8.78. The van der Waals surface area contributed by atoms with Crippen molar-refractivity contribution in [3.8, 4) is 5.75 Å².